The highest BCUT2D eigenvalue weighted by molar-refractivity contribution is 5.84. The lowest BCUT2D eigenvalue weighted by Crippen LogP contribution is -2.47. The second-order valence-corrected chi connectivity index (χ2v) is 7.68. The van der Waals surface area contributed by atoms with Crippen LogP contribution in [0, 0.1) is 0 Å². The van der Waals surface area contributed by atoms with Gasteiger partial charge in [-0.2, -0.15) is 9.97 Å². The molecule has 1 saturated heterocycles. The van der Waals surface area contributed by atoms with Crippen molar-refractivity contribution in [1.82, 2.24) is 24.4 Å². The second-order valence-electron chi connectivity index (χ2n) is 7.68. The van der Waals surface area contributed by atoms with Gasteiger partial charge < -0.3 is 19.9 Å². The maximum Gasteiger partial charge on any atom is 0.229 e. The van der Waals surface area contributed by atoms with Gasteiger partial charge in [0.05, 0.1) is 12.9 Å². The van der Waals surface area contributed by atoms with Gasteiger partial charge in [-0.1, -0.05) is 30.3 Å². The minimum absolute atomic E-state index is 0.198. The molecule has 0 unspecified atom stereocenters. The molecule has 0 amide bonds. The summed E-state index contributed by atoms with van der Waals surface area (Å²) >= 11 is 0. The number of hydrogen-bond acceptors (Lipinski definition) is 7. The molecule has 0 saturated carbocycles. The average molecular weight is 396 g/mol. The van der Waals surface area contributed by atoms with Crippen molar-refractivity contribution < 1.29 is 5.11 Å². The van der Waals surface area contributed by atoms with Crippen molar-refractivity contribution in [1.29, 1.82) is 0 Å². The Bertz CT molecular complexity index is 933. The smallest absolute Gasteiger partial charge is 0.229 e. The molecule has 3 aromatic rings. The summed E-state index contributed by atoms with van der Waals surface area (Å²) in [6.45, 7) is 9.36. The minimum atomic E-state index is 0.198. The van der Waals surface area contributed by atoms with Crippen molar-refractivity contribution >= 4 is 22.9 Å². The molecule has 1 aliphatic heterocycles. The number of piperazine rings is 1. The predicted molar refractivity (Wildman–Crippen MR) is 115 cm³/mol. The number of nitrogens with one attached hydrogen (secondary N) is 1. The van der Waals surface area contributed by atoms with Crippen molar-refractivity contribution in [2.75, 3.05) is 49.5 Å². The Hall–Kier alpha value is -2.71. The van der Waals surface area contributed by atoms with Crippen LogP contribution in [0.15, 0.2) is 36.7 Å². The largest absolute Gasteiger partial charge is 0.395 e. The summed E-state index contributed by atoms with van der Waals surface area (Å²) in [4.78, 5) is 18.8. The minimum Gasteiger partial charge on any atom is -0.395 e. The van der Waals surface area contributed by atoms with Crippen LogP contribution in [0.1, 0.15) is 25.5 Å². The van der Waals surface area contributed by atoms with Crippen molar-refractivity contribution in [3.05, 3.63) is 42.2 Å². The lowest BCUT2D eigenvalue weighted by atomic mass is 10.2. The number of nitrogens with zero attached hydrogens (tertiary/aromatic N) is 6. The van der Waals surface area contributed by atoms with E-state index in [2.05, 4.69) is 50.6 Å². The third kappa shape index (κ3) is 4.33. The van der Waals surface area contributed by atoms with E-state index in [9.17, 15) is 5.11 Å². The standard InChI is InChI=1S/C21H29N7O/c1-16(2)28-15-23-18-19(22-14-17-6-4-3-5-7-17)24-21(25-20(18)28)27-10-8-26(9-11-27)12-13-29/h3-7,15-16,29H,8-14H2,1-2H3,(H,22,24,25). The van der Waals surface area contributed by atoms with E-state index in [-0.39, 0.29) is 12.6 Å². The van der Waals surface area contributed by atoms with Crippen molar-refractivity contribution in [3.8, 4) is 0 Å². The Labute approximate surface area is 171 Å². The third-order valence-electron chi connectivity index (χ3n) is 5.34. The third-order valence-corrected chi connectivity index (χ3v) is 5.34. The zero-order valence-electron chi connectivity index (χ0n) is 17.1. The first-order valence-corrected chi connectivity index (χ1v) is 10.3. The van der Waals surface area contributed by atoms with Crippen LogP contribution in [0.5, 0.6) is 0 Å². The van der Waals surface area contributed by atoms with Gasteiger partial charge >= 0.3 is 0 Å². The summed E-state index contributed by atoms with van der Waals surface area (Å²) in [6.07, 6.45) is 1.85. The molecule has 0 radical (unpaired) electrons. The molecule has 0 aliphatic carbocycles. The highest BCUT2D eigenvalue weighted by Gasteiger charge is 2.22. The van der Waals surface area contributed by atoms with Crippen LogP contribution < -0.4 is 10.2 Å². The van der Waals surface area contributed by atoms with E-state index < -0.39 is 0 Å². The molecule has 4 rings (SSSR count). The molecule has 29 heavy (non-hydrogen) atoms. The molecule has 154 valence electrons. The van der Waals surface area contributed by atoms with Crippen LogP contribution >= 0.6 is 0 Å². The summed E-state index contributed by atoms with van der Waals surface area (Å²) in [5.41, 5.74) is 2.86. The van der Waals surface area contributed by atoms with E-state index in [4.69, 9.17) is 9.97 Å². The number of anilines is 2. The normalized spacial score (nSPS) is 15.4. The van der Waals surface area contributed by atoms with Crippen molar-refractivity contribution in [3.63, 3.8) is 0 Å². The fourth-order valence-corrected chi connectivity index (χ4v) is 3.64. The van der Waals surface area contributed by atoms with Gasteiger partial charge in [-0.05, 0) is 19.4 Å². The molecule has 1 aliphatic rings. The highest BCUT2D eigenvalue weighted by Crippen LogP contribution is 2.25. The van der Waals surface area contributed by atoms with Gasteiger partial charge in [0.25, 0.3) is 0 Å². The van der Waals surface area contributed by atoms with Crippen molar-refractivity contribution in [2.45, 2.75) is 26.4 Å². The van der Waals surface area contributed by atoms with Crippen LogP contribution in [0.2, 0.25) is 0 Å². The molecular formula is C21H29N7O. The van der Waals surface area contributed by atoms with Gasteiger partial charge in [0.15, 0.2) is 17.0 Å². The van der Waals surface area contributed by atoms with Crippen LogP contribution in [0.25, 0.3) is 11.2 Å². The number of aromatic nitrogens is 4. The number of rotatable bonds is 7. The van der Waals surface area contributed by atoms with Gasteiger partial charge in [0.2, 0.25) is 5.95 Å². The molecule has 0 atom stereocenters. The monoisotopic (exact) mass is 395 g/mol. The number of aliphatic hydroxyl groups excluding tert-OH is 1. The Morgan fingerprint density at radius 2 is 1.83 bits per heavy atom. The number of fused-ring (bicyclic) bond motifs is 1. The van der Waals surface area contributed by atoms with Crippen molar-refractivity contribution in [2.24, 2.45) is 0 Å². The fraction of sp³-hybridized carbons (Fsp3) is 0.476. The summed E-state index contributed by atoms with van der Waals surface area (Å²) in [6, 6.07) is 10.6. The maximum absolute atomic E-state index is 9.17. The van der Waals surface area contributed by atoms with E-state index in [0.717, 1.165) is 55.7 Å². The molecule has 1 fully saturated rings. The van der Waals surface area contributed by atoms with E-state index in [1.165, 1.54) is 5.56 Å². The Morgan fingerprint density at radius 1 is 1.07 bits per heavy atom. The number of hydrogen-bond donors (Lipinski definition) is 2. The Balaban J connectivity index is 1.63. The molecule has 8 nitrogen and oxygen atoms in total. The summed E-state index contributed by atoms with van der Waals surface area (Å²) < 4.78 is 2.09. The fourth-order valence-electron chi connectivity index (χ4n) is 3.64. The topological polar surface area (TPSA) is 82.3 Å². The van der Waals surface area contributed by atoms with E-state index in [1.54, 1.807) is 0 Å². The lowest BCUT2D eigenvalue weighted by Gasteiger charge is -2.34. The van der Waals surface area contributed by atoms with Crippen LogP contribution in [-0.4, -0.2) is 68.9 Å². The first kappa shape index (κ1) is 19.6. The van der Waals surface area contributed by atoms with E-state index >= 15 is 0 Å². The van der Waals surface area contributed by atoms with Gasteiger partial charge in [0.1, 0.15) is 0 Å². The number of β-amino-alcohol motifs (C(OH)–C–C–N with tert-alkyl or cyclic N) is 1. The van der Waals surface area contributed by atoms with Gasteiger partial charge in [0, 0.05) is 45.3 Å². The molecule has 2 aromatic heterocycles. The molecular weight excluding hydrogens is 366 g/mol. The Morgan fingerprint density at radius 3 is 2.52 bits per heavy atom. The Kier molecular flexibility index (Phi) is 5.92. The highest BCUT2D eigenvalue weighted by atomic mass is 16.3. The number of imidazole rings is 1. The summed E-state index contributed by atoms with van der Waals surface area (Å²) in [7, 11) is 0. The van der Waals surface area contributed by atoms with Crippen LogP contribution in [0.3, 0.4) is 0 Å². The SMILES string of the molecule is CC(C)n1cnc2c(NCc3ccccc3)nc(N3CCN(CCO)CC3)nc21. The van der Waals surface area contributed by atoms with Crippen LogP contribution in [-0.2, 0) is 6.54 Å². The molecule has 0 spiro atoms. The van der Waals surface area contributed by atoms with Gasteiger partial charge in [-0.25, -0.2) is 4.98 Å². The van der Waals surface area contributed by atoms with Gasteiger partial charge in [-0.3, -0.25) is 4.90 Å². The number of aliphatic hydroxyl groups is 1. The molecule has 8 heteroatoms. The molecule has 0 bridgehead atoms. The van der Waals surface area contributed by atoms with Crippen LogP contribution in [0.4, 0.5) is 11.8 Å². The first-order chi connectivity index (χ1) is 14.2. The second kappa shape index (κ2) is 8.75. The molecule has 1 aromatic carbocycles. The summed E-state index contributed by atoms with van der Waals surface area (Å²) in [5.74, 6) is 1.50. The molecule has 3 heterocycles. The summed E-state index contributed by atoms with van der Waals surface area (Å²) in [5, 5.41) is 12.6. The lowest BCUT2D eigenvalue weighted by molar-refractivity contribution is 0.188. The zero-order chi connectivity index (χ0) is 20.2. The number of benzene rings is 1. The maximum atomic E-state index is 9.17. The quantitative estimate of drug-likeness (QED) is 0.634. The molecule has 2 N–H and O–H groups in total. The van der Waals surface area contributed by atoms with E-state index in [0.29, 0.717) is 6.54 Å². The zero-order valence-corrected chi connectivity index (χ0v) is 17.1. The predicted octanol–water partition coefficient (Wildman–Crippen LogP) is 2.13. The van der Waals surface area contributed by atoms with E-state index in [1.807, 2.05) is 24.5 Å². The van der Waals surface area contributed by atoms with Gasteiger partial charge in [-0.15, -0.1) is 0 Å². The first-order valence-electron chi connectivity index (χ1n) is 10.3. The average Bonchev–Trinajstić information content (AvgIpc) is 3.18.